The summed E-state index contributed by atoms with van der Waals surface area (Å²) in [5.41, 5.74) is 0.576. The molecule has 362 valence electrons. The Labute approximate surface area is 376 Å². The summed E-state index contributed by atoms with van der Waals surface area (Å²) in [4.78, 5) is 0. The Morgan fingerprint density at radius 2 is 0.966 bits per heavy atom. The Bertz CT molecular complexity index is 977. The molecule has 0 rings (SSSR count). The van der Waals surface area contributed by atoms with Gasteiger partial charge in [-0.05, 0) is 148 Å². The van der Waals surface area contributed by atoms with Crippen LogP contribution in [0.3, 0.4) is 0 Å². The Kier molecular flexibility index (Phi) is 35.4. The van der Waals surface area contributed by atoms with Gasteiger partial charge >= 0.3 is 8.56 Å². The van der Waals surface area contributed by atoms with Gasteiger partial charge in [0.05, 0.1) is 45.1 Å². The van der Waals surface area contributed by atoms with Crippen molar-refractivity contribution in [1.29, 1.82) is 0 Å². The highest BCUT2D eigenvalue weighted by atomic mass is 28.5. The normalized spacial score (nSPS) is 14.5. The van der Waals surface area contributed by atoms with E-state index in [-0.39, 0.29) is 41.3 Å². The van der Waals surface area contributed by atoms with Crippen LogP contribution in [0.15, 0.2) is 0 Å². The molecule has 0 amide bonds. The maximum Gasteiger partial charge on any atom is 0.314 e. The Hall–Kier alpha value is 1.30. The van der Waals surface area contributed by atoms with Crippen LogP contribution in [-0.2, 0) is 30.7 Å². The van der Waals surface area contributed by atoms with Crippen LogP contribution in [0.5, 0.6) is 0 Å². The summed E-state index contributed by atoms with van der Waals surface area (Å²) in [7, 11) is -12.4. The van der Waals surface area contributed by atoms with Crippen molar-refractivity contribution in [2.24, 2.45) is 5.41 Å². The quantitative estimate of drug-likeness (QED) is 0.0369. The predicted octanol–water partition coefficient (Wildman–Crippen LogP) is 9.85. The minimum Gasteiger partial charge on any atom is -0.458 e. The van der Waals surface area contributed by atoms with E-state index >= 15 is 0 Å². The van der Waals surface area contributed by atoms with Gasteiger partial charge in [0.15, 0.2) is 50.6 Å². The second-order valence-electron chi connectivity index (χ2n) is 22.0. The van der Waals surface area contributed by atoms with Crippen molar-refractivity contribution in [2.75, 3.05) is 59.5 Å². The lowest BCUT2D eigenvalue weighted by molar-refractivity contribution is -0.0774. The zero-order valence-corrected chi connectivity index (χ0v) is 48.7. The van der Waals surface area contributed by atoms with Gasteiger partial charge in [0, 0.05) is 27.9 Å². The molecule has 0 saturated carbocycles. The molecule has 0 heterocycles. The van der Waals surface area contributed by atoms with Crippen molar-refractivity contribution in [1.82, 2.24) is 0 Å². The van der Waals surface area contributed by atoms with Gasteiger partial charge < -0.3 is 51.1 Å². The third-order valence-electron chi connectivity index (χ3n) is 8.30. The fourth-order valence-electron chi connectivity index (χ4n) is 6.63. The predicted molar refractivity (Wildman–Crippen MR) is 275 cm³/mol. The van der Waals surface area contributed by atoms with Crippen LogP contribution in [0.25, 0.3) is 0 Å². The van der Waals surface area contributed by atoms with Crippen LogP contribution in [-0.4, -0.2) is 153 Å². The van der Waals surface area contributed by atoms with Crippen molar-refractivity contribution < 1.29 is 51.1 Å². The van der Waals surface area contributed by atoms with Gasteiger partial charge in [0.25, 0.3) is 0 Å². The van der Waals surface area contributed by atoms with Gasteiger partial charge in [0.1, 0.15) is 6.10 Å². The zero-order valence-electron chi connectivity index (χ0n) is 40.5. The molecule has 0 aromatic carbocycles. The fraction of sp³-hybridized carbons (Fsp3) is 1.00. The number of unbranched alkanes of at least 4 members (excludes halogenated alkanes) is 2. The van der Waals surface area contributed by atoms with Gasteiger partial charge in [-0.15, -0.1) is 0 Å². The average molecular weight is 986 g/mol. The molecule has 0 aromatic heterocycles. The van der Waals surface area contributed by atoms with Gasteiger partial charge in [-0.25, -0.2) is 0 Å². The van der Waals surface area contributed by atoms with E-state index in [4.69, 9.17) is 40.9 Å². The largest absolute Gasteiger partial charge is 0.458 e. The summed E-state index contributed by atoms with van der Waals surface area (Å²) in [5.74, 6) is 0. The molecule has 2 atom stereocenters. The molecule has 0 spiro atoms. The van der Waals surface area contributed by atoms with Crippen LogP contribution >= 0.6 is 0 Å². The van der Waals surface area contributed by atoms with E-state index in [1.54, 1.807) is 0 Å². The first-order valence-corrected chi connectivity index (χ1v) is 46.8. The van der Waals surface area contributed by atoms with Crippen molar-refractivity contribution >= 4 is 67.3 Å². The smallest absolute Gasteiger partial charge is 0.314 e. The molecule has 2 unspecified atom stereocenters. The Morgan fingerprint density at radius 3 is 1.36 bits per heavy atom. The number of hydrogen-bond donors (Lipinski definition) is 4. The van der Waals surface area contributed by atoms with E-state index in [0.717, 1.165) is 44.2 Å². The first-order valence-electron chi connectivity index (χ1n) is 21.7. The summed E-state index contributed by atoms with van der Waals surface area (Å²) in [6.07, 6.45) is 4.21. The monoisotopic (exact) mass is 985 g/mol. The molecule has 0 radical (unpaired) electrons. The molecule has 19 heteroatoms. The van der Waals surface area contributed by atoms with E-state index in [0.29, 0.717) is 33.0 Å². The van der Waals surface area contributed by atoms with Crippen LogP contribution in [0.1, 0.15) is 47.0 Å². The second kappa shape index (κ2) is 31.3. The molecular formula is C40H104O11Si8. The molecule has 59 heavy (non-hydrogen) atoms. The van der Waals surface area contributed by atoms with E-state index in [1.165, 1.54) is 11.7 Å². The molecule has 0 aromatic rings. The lowest BCUT2D eigenvalue weighted by Gasteiger charge is -2.38. The van der Waals surface area contributed by atoms with Crippen molar-refractivity contribution in [3.8, 4) is 0 Å². The minimum atomic E-state index is -2.22. The lowest BCUT2D eigenvalue weighted by Crippen LogP contribution is -2.52. The second-order valence-corrected chi connectivity index (χ2v) is 57.7. The Balaban J connectivity index is -0.000000669. The maximum absolute atomic E-state index is 10.1. The highest BCUT2D eigenvalue weighted by Gasteiger charge is 2.40. The van der Waals surface area contributed by atoms with Gasteiger partial charge in [-0.3, -0.25) is 0 Å². The standard InChI is InChI=1S/C27H68O7Si6.C11H28O4Si2.2CH4/c1-36(2,3)26-35(32-37(4,5)6)20-16-14-18-30-24-27(22-28,23-29)25-31-19-15-17-21-40(13,33-38(7,8)9)34-39(10,11)12;1-16(2,3)15-17(4,5)8-6-7-14-10-11(13)9-12;;/h28-29,35H,14-26H2,1-13H3;11-13H,6-10H2,1-5H3;2*1H4. The van der Waals surface area contributed by atoms with Crippen LogP contribution < -0.4 is 0 Å². The molecule has 0 bridgehead atoms. The number of aliphatic hydroxyl groups is 4. The first-order chi connectivity index (χ1) is 25.7. The number of ether oxygens (including phenoxy) is 3. The summed E-state index contributed by atoms with van der Waals surface area (Å²) in [6.45, 7) is 43.1. The SMILES string of the molecule is C.C.C[Si](C)(C)C[SiH](CCCCOCC(CO)(CO)COCCCC[Si](C)(O[Si](C)(C)C)O[Si](C)(C)C)O[Si](C)(C)C.C[Si](C)(C)O[Si](C)(C)CCCOCC(O)CO. The Morgan fingerprint density at radius 1 is 0.525 bits per heavy atom. The van der Waals surface area contributed by atoms with E-state index in [9.17, 15) is 10.2 Å². The summed E-state index contributed by atoms with van der Waals surface area (Å²) in [6, 6.07) is 3.25. The third kappa shape index (κ3) is 43.0. The molecule has 0 aliphatic rings. The molecule has 11 nitrogen and oxygen atoms in total. The maximum atomic E-state index is 10.1. The summed E-state index contributed by atoms with van der Waals surface area (Å²) < 4.78 is 43.2. The van der Waals surface area contributed by atoms with Crippen molar-refractivity contribution in [3.05, 3.63) is 0 Å². The number of hydrogen-bond acceptors (Lipinski definition) is 11. The molecule has 0 aliphatic heterocycles. The highest BCUT2D eigenvalue weighted by molar-refractivity contribution is 6.89. The van der Waals surface area contributed by atoms with Gasteiger partial charge in [-0.1, -0.05) is 40.9 Å². The molecular weight excluding hydrogens is 881 g/mol. The van der Waals surface area contributed by atoms with Crippen molar-refractivity contribution in [3.63, 3.8) is 0 Å². The van der Waals surface area contributed by atoms with E-state index in [1.807, 2.05) is 0 Å². The number of aliphatic hydroxyl groups excluding tert-OH is 4. The van der Waals surface area contributed by atoms with Gasteiger partial charge in [0.2, 0.25) is 0 Å². The number of rotatable bonds is 33. The molecule has 0 saturated heterocycles. The van der Waals surface area contributed by atoms with E-state index < -0.39 is 78.8 Å². The molecule has 4 N–H and O–H groups in total. The molecule has 0 fully saturated rings. The highest BCUT2D eigenvalue weighted by Crippen LogP contribution is 2.27. The van der Waals surface area contributed by atoms with Crippen molar-refractivity contribution in [2.45, 2.75) is 195 Å². The fourth-order valence-corrected chi connectivity index (χ4v) is 39.9. The lowest BCUT2D eigenvalue weighted by atomic mass is 9.92. The van der Waals surface area contributed by atoms with Crippen LogP contribution in [0.2, 0.25) is 142 Å². The minimum absolute atomic E-state index is 0. The average Bonchev–Trinajstić information content (AvgIpc) is 2.98. The molecule has 0 aliphatic carbocycles. The topological polar surface area (TPSA) is 146 Å². The van der Waals surface area contributed by atoms with Crippen LogP contribution in [0, 0.1) is 5.41 Å². The summed E-state index contributed by atoms with van der Waals surface area (Å²) in [5, 5.41) is 37.8. The third-order valence-corrected chi connectivity index (χ3v) is 36.1. The van der Waals surface area contributed by atoms with Gasteiger partial charge in [-0.2, -0.15) is 0 Å². The summed E-state index contributed by atoms with van der Waals surface area (Å²) >= 11 is 0. The zero-order chi connectivity index (χ0) is 44.8. The first kappa shape index (κ1) is 66.9. The van der Waals surface area contributed by atoms with E-state index in [2.05, 4.69) is 118 Å². The van der Waals surface area contributed by atoms with Crippen LogP contribution in [0.4, 0.5) is 0 Å².